The van der Waals surface area contributed by atoms with Crippen molar-refractivity contribution in [1.82, 2.24) is 9.88 Å². The van der Waals surface area contributed by atoms with Gasteiger partial charge in [-0.1, -0.05) is 54.6 Å². The molecular formula is C25H21FN2O3. The Morgan fingerprint density at radius 1 is 1.00 bits per heavy atom. The fraction of sp³-hybridized carbons (Fsp3) is 0.160. The number of carbonyl (C=O) groups is 2. The summed E-state index contributed by atoms with van der Waals surface area (Å²) in [5.41, 5.74) is 1.64. The van der Waals surface area contributed by atoms with Crippen LogP contribution in [0.25, 0.3) is 0 Å². The fourth-order valence-corrected chi connectivity index (χ4v) is 3.83. The molecule has 1 aliphatic rings. The van der Waals surface area contributed by atoms with E-state index in [1.54, 1.807) is 36.5 Å². The van der Waals surface area contributed by atoms with Gasteiger partial charge in [-0.3, -0.25) is 14.6 Å². The average molecular weight is 416 g/mol. The first-order chi connectivity index (χ1) is 15.1. The molecule has 0 saturated carbocycles. The number of aliphatic hydroxyl groups excluding tert-OH is 1. The molecule has 5 nitrogen and oxygen atoms in total. The summed E-state index contributed by atoms with van der Waals surface area (Å²) in [7, 11) is 0. The Morgan fingerprint density at radius 3 is 2.42 bits per heavy atom. The van der Waals surface area contributed by atoms with Crippen molar-refractivity contribution >= 4 is 11.7 Å². The SMILES string of the molecule is O=C(CCc1ccccc1)C1=C(O)C(=O)N(Cc2ccccn2)C1c1ccccc1F. The molecule has 1 atom stereocenters. The lowest BCUT2D eigenvalue weighted by Gasteiger charge is -2.27. The maximum Gasteiger partial charge on any atom is 0.290 e. The zero-order chi connectivity index (χ0) is 21.8. The quantitative estimate of drug-likeness (QED) is 0.623. The molecule has 1 amide bonds. The van der Waals surface area contributed by atoms with Gasteiger partial charge in [0.05, 0.1) is 23.9 Å². The first kappa shape index (κ1) is 20.5. The summed E-state index contributed by atoms with van der Waals surface area (Å²) < 4.78 is 14.7. The van der Waals surface area contributed by atoms with Gasteiger partial charge in [-0.25, -0.2) is 4.39 Å². The molecule has 0 radical (unpaired) electrons. The lowest BCUT2D eigenvalue weighted by atomic mass is 9.93. The summed E-state index contributed by atoms with van der Waals surface area (Å²) in [6.07, 6.45) is 2.14. The molecule has 156 valence electrons. The van der Waals surface area contributed by atoms with Crippen molar-refractivity contribution in [2.45, 2.75) is 25.4 Å². The fourth-order valence-electron chi connectivity index (χ4n) is 3.83. The number of carbonyl (C=O) groups excluding carboxylic acids is 2. The minimum absolute atomic E-state index is 0.0399. The van der Waals surface area contributed by atoms with Crippen molar-refractivity contribution in [1.29, 1.82) is 0 Å². The van der Waals surface area contributed by atoms with Crippen molar-refractivity contribution in [3.8, 4) is 0 Å². The van der Waals surface area contributed by atoms with Gasteiger partial charge in [0.15, 0.2) is 11.5 Å². The van der Waals surface area contributed by atoms with Crippen LogP contribution in [0.5, 0.6) is 0 Å². The molecule has 1 aliphatic heterocycles. The second-order valence-electron chi connectivity index (χ2n) is 7.35. The number of ketones is 1. The van der Waals surface area contributed by atoms with Crippen LogP contribution < -0.4 is 0 Å². The van der Waals surface area contributed by atoms with E-state index in [1.807, 2.05) is 30.3 Å². The van der Waals surface area contributed by atoms with Crippen molar-refractivity contribution in [3.05, 3.63) is 113 Å². The van der Waals surface area contributed by atoms with Gasteiger partial charge in [-0.15, -0.1) is 0 Å². The number of amides is 1. The number of pyridine rings is 1. The Balaban J connectivity index is 1.68. The number of rotatable bonds is 7. The summed E-state index contributed by atoms with van der Waals surface area (Å²) in [5.74, 6) is -2.26. The predicted molar refractivity (Wildman–Crippen MR) is 113 cm³/mol. The van der Waals surface area contributed by atoms with Gasteiger partial charge in [0.25, 0.3) is 5.91 Å². The second-order valence-corrected chi connectivity index (χ2v) is 7.35. The van der Waals surface area contributed by atoms with Crippen molar-refractivity contribution in [2.24, 2.45) is 0 Å². The Labute approximate surface area is 179 Å². The molecule has 1 unspecified atom stereocenters. The largest absolute Gasteiger partial charge is 0.503 e. The summed E-state index contributed by atoms with van der Waals surface area (Å²) >= 11 is 0. The summed E-state index contributed by atoms with van der Waals surface area (Å²) in [6.45, 7) is 0.0399. The van der Waals surface area contributed by atoms with E-state index in [9.17, 15) is 19.1 Å². The molecule has 0 fully saturated rings. The van der Waals surface area contributed by atoms with E-state index in [4.69, 9.17) is 0 Å². The highest BCUT2D eigenvalue weighted by Crippen LogP contribution is 2.40. The minimum Gasteiger partial charge on any atom is -0.503 e. The highest BCUT2D eigenvalue weighted by molar-refractivity contribution is 6.09. The molecule has 2 aromatic carbocycles. The third-order valence-corrected chi connectivity index (χ3v) is 5.35. The number of nitrogens with zero attached hydrogens (tertiary/aromatic N) is 2. The van der Waals surface area contributed by atoms with E-state index < -0.39 is 23.5 Å². The molecule has 6 heteroatoms. The molecule has 0 spiro atoms. The summed E-state index contributed by atoms with van der Waals surface area (Å²) in [6, 6.07) is 19.7. The Morgan fingerprint density at radius 2 is 1.71 bits per heavy atom. The lowest BCUT2D eigenvalue weighted by Crippen LogP contribution is -2.31. The van der Waals surface area contributed by atoms with Gasteiger partial charge < -0.3 is 10.0 Å². The zero-order valence-electron chi connectivity index (χ0n) is 16.7. The summed E-state index contributed by atoms with van der Waals surface area (Å²) in [4.78, 5) is 31.6. The number of aliphatic hydroxyl groups is 1. The van der Waals surface area contributed by atoms with Crippen LogP contribution in [-0.4, -0.2) is 26.7 Å². The normalized spacial score (nSPS) is 16.1. The molecular weight excluding hydrogens is 395 g/mol. The maximum absolute atomic E-state index is 14.7. The Hall–Kier alpha value is -3.80. The van der Waals surface area contributed by atoms with Crippen LogP contribution in [0.1, 0.15) is 29.3 Å². The van der Waals surface area contributed by atoms with Gasteiger partial charge in [-0.05, 0) is 30.2 Å². The Kier molecular flexibility index (Phi) is 5.89. The van der Waals surface area contributed by atoms with E-state index >= 15 is 0 Å². The molecule has 1 aromatic heterocycles. The van der Waals surface area contributed by atoms with Crippen molar-refractivity contribution in [2.75, 3.05) is 0 Å². The van der Waals surface area contributed by atoms with Gasteiger partial charge in [-0.2, -0.15) is 0 Å². The number of Topliss-reactive ketones (excluding diaryl/α,β-unsaturated/α-hetero) is 1. The molecule has 31 heavy (non-hydrogen) atoms. The highest BCUT2D eigenvalue weighted by atomic mass is 19.1. The number of hydrogen-bond donors (Lipinski definition) is 1. The van der Waals surface area contributed by atoms with Crippen LogP contribution in [0.4, 0.5) is 4.39 Å². The molecule has 4 rings (SSSR count). The predicted octanol–water partition coefficient (Wildman–Crippen LogP) is 4.32. The number of benzene rings is 2. The monoisotopic (exact) mass is 416 g/mol. The highest BCUT2D eigenvalue weighted by Gasteiger charge is 2.44. The molecule has 3 aromatic rings. The van der Waals surface area contributed by atoms with Crippen LogP contribution in [-0.2, 0) is 22.6 Å². The number of hydrogen-bond acceptors (Lipinski definition) is 4. The molecule has 0 saturated heterocycles. The third kappa shape index (κ3) is 4.23. The zero-order valence-corrected chi connectivity index (χ0v) is 16.7. The van der Waals surface area contributed by atoms with Crippen molar-refractivity contribution < 1.29 is 19.1 Å². The first-order valence-corrected chi connectivity index (χ1v) is 10.0. The Bertz CT molecular complexity index is 1130. The van der Waals surface area contributed by atoms with E-state index in [-0.39, 0.29) is 29.9 Å². The molecule has 1 N–H and O–H groups in total. The summed E-state index contributed by atoms with van der Waals surface area (Å²) in [5, 5.41) is 10.6. The van der Waals surface area contributed by atoms with Gasteiger partial charge in [0.2, 0.25) is 0 Å². The van der Waals surface area contributed by atoms with Crippen molar-refractivity contribution in [3.63, 3.8) is 0 Å². The number of halogens is 1. The number of aryl methyl sites for hydroxylation is 1. The number of aromatic nitrogens is 1. The topological polar surface area (TPSA) is 70.5 Å². The molecule has 2 heterocycles. The van der Waals surface area contributed by atoms with Crippen LogP contribution in [0, 0.1) is 5.82 Å². The first-order valence-electron chi connectivity index (χ1n) is 10.0. The van der Waals surface area contributed by atoms with Gasteiger partial charge >= 0.3 is 0 Å². The standard InChI is InChI=1S/C25H21FN2O3/c26-20-12-5-4-11-19(20)23-22(21(29)14-13-17-8-2-1-3-9-17)24(30)25(31)28(23)16-18-10-6-7-15-27-18/h1-12,15,23,30H,13-14,16H2. The van der Waals surface area contributed by atoms with Gasteiger partial charge in [0, 0.05) is 18.2 Å². The smallest absolute Gasteiger partial charge is 0.290 e. The van der Waals surface area contributed by atoms with E-state index in [2.05, 4.69) is 4.98 Å². The molecule has 0 bridgehead atoms. The van der Waals surface area contributed by atoms with E-state index in [1.165, 1.54) is 17.0 Å². The third-order valence-electron chi connectivity index (χ3n) is 5.35. The average Bonchev–Trinajstić information content (AvgIpc) is 3.04. The van der Waals surface area contributed by atoms with E-state index in [0.717, 1.165) is 5.56 Å². The van der Waals surface area contributed by atoms with Crippen LogP contribution in [0.3, 0.4) is 0 Å². The lowest BCUT2D eigenvalue weighted by molar-refractivity contribution is -0.130. The van der Waals surface area contributed by atoms with Crippen LogP contribution in [0.2, 0.25) is 0 Å². The minimum atomic E-state index is -1.01. The van der Waals surface area contributed by atoms with Crippen LogP contribution >= 0.6 is 0 Å². The second kappa shape index (κ2) is 8.92. The van der Waals surface area contributed by atoms with Crippen LogP contribution in [0.15, 0.2) is 90.3 Å². The molecule has 0 aliphatic carbocycles. The van der Waals surface area contributed by atoms with E-state index in [0.29, 0.717) is 12.1 Å². The van der Waals surface area contributed by atoms with Gasteiger partial charge in [0.1, 0.15) is 5.82 Å². The maximum atomic E-state index is 14.7.